The number of amides is 2. The number of nitrogens with zero attached hydrogens (tertiary/aromatic N) is 1. The summed E-state index contributed by atoms with van der Waals surface area (Å²) in [5.74, 6) is -1.18. The topological polar surface area (TPSA) is 49.4 Å². The van der Waals surface area contributed by atoms with Crippen LogP contribution in [0.5, 0.6) is 0 Å². The predicted octanol–water partition coefficient (Wildman–Crippen LogP) is 3.88. The Hall–Kier alpha value is -2.11. The molecule has 4 nitrogen and oxygen atoms in total. The van der Waals surface area contributed by atoms with Crippen molar-refractivity contribution >= 4 is 46.4 Å². The lowest BCUT2D eigenvalue weighted by atomic mass is 10.2. The SMILES string of the molecule is O=C1C[C@@H](Nc2ccc(Cl)c(Cl)c2)C(=O)N1c1ccc(F)cc1. The lowest BCUT2D eigenvalue weighted by molar-refractivity contribution is -0.121. The summed E-state index contributed by atoms with van der Waals surface area (Å²) in [6.45, 7) is 0. The van der Waals surface area contributed by atoms with Gasteiger partial charge >= 0.3 is 0 Å². The van der Waals surface area contributed by atoms with Gasteiger partial charge in [-0.15, -0.1) is 0 Å². The molecule has 0 aromatic heterocycles. The minimum absolute atomic E-state index is 0.0104. The molecule has 3 rings (SSSR count). The Balaban J connectivity index is 1.80. The maximum atomic E-state index is 13.0. The number of hydrogen-bond donors (Lipinski definition) is 1. The highest BCUT2D eigenvalue weighted by Crippen LogP contribution is 2.28. The van der Waals surface area contributed by atoms with Gasteiger partial charge in [0, 0.05) is 5.69 Å². The third-order valence-corrected chi connectivity index (χ3v) is 4.23. The Morgan fingerprint density at radius 2 is 1.74 bits per heavy atom. The first-order valence-electron chi connectivity index (χ1n) is 6.79. The van der Waals surface area contributed by atoms with Crippen molar-refractivity contribution in [1.82, 2.24) is 0 Å². The molecule has 2 aromatic carbocycles. The van der Waals surface area contributed by atoms with Gasteiger partial charge in [-0.05, 0) is 42.5 Å². The minimum atomic E-state index is -0.704. The molecule has 2 amide bonds. The van der Waals surface area contributed by atoms with Crippen molar-refractivity contribution in [3.8, 4) is 0 Å². The normalized spacial score (nSPS) is 17.7. The summed E-state index contributed by atoms with van der Waals surface area (Å²) in [7, 11) is 0. The Bertz CT molecular complexity index is 780. The van der Waals surface area contributed by atoms with Gasteiger partial charge in [-0.1, -0.05) is 23.2 Å². The second-order valence-electron chi connectivity index (χ2n) is 5.07. The summed E-state index contributed by atoms with van der Waals surface area (Å²) in [6.07, 6.45) is 0.0104. The van der Waals surface area contributed by atoms with E-state index in [0.29, 0.717) is 21.4 Å². The number of nitrogens with one attached hydrogen (secondary N) is 1. The summed E-state index contributed by atoms with van der Waals surface area (Å²) < 4.78 is 13.0. The van der Waals surface area contributed by atoms with Gasteiger partial charge in [0.2, 0.25) is 5.91 Å². The van der Waals surface area contributed by atoms with E-state index >= 15 is 0 Å². The molecule has 0 aliphatic carbocycles. The molecule has 1 saturated heterocycles. The number of imide groups is 1. The summed E-state index contributed by atoms with van der Waals surface area (Å²) in [6, 6.07) is 9.36. The van der Waals surface area contributed by atoms with Crippen LogP contribution < -0.4 is 10.2 Å². The van der Waals surface area contributed by atoms with Crippen LogP contribution in [0.2, 0.25) is 10.0 Å². The van der Waals surface area contributed by atoms with Gasteiger partial charge in [0.25, 0.3) is 5.91 Å². The number of carbonyl (C=O) groups excluding carboxylic acids is 2. The molecule has 1 atom stereocenters. The molecule has 23 heavy (non-hydrogen) atoms. The molecule has 1 aliphatic rings. The molecule has 0 bridgehead atoms. The fourth-order valence-electron chi connectivity index (χ4n) is 2.39. The van der Waals surface area contributed by atoms with Crippen LogP contribution in [0, 0.1) is 5.82 Å². The quantitative estimate of drug-likeness (QED) is 0.852. The maximum absolute atomic E-state index is 13.0. The fraction of sp³-hybridized carbons (Fsp3) is 0.125. The third-order valence-electron chi connectivity index (χ3n) is 3.49. The highest BCUT2D eigenvalue weighted by molar-refractivity contribution is 6.42. The molecule has 0 spiro atoms. The number of halogens is 3. The molecular formula is C16H11Cl2FN2O2. The van der Waals surface area contributed by atoms with Crippen LogP contribution in [0.3, 0.4) is 0 Å². The first-order chi connectivity index (χ1) is 11.0. The average molecular weight is 353 g/mol. The minimum Gasteiger partial charge on any atom is -0.373 e. The van der Waals surface area contributed by atoms with Crippen LogP contribution in [0.4, 0.5) is 15.8 Å². The van der Waals surface area contributed by atoms with Crippen LogP contribution in [0.15, 0.2) is 42.5 Å². The number of anilines is 2. The Morgan fingerprint density at radius 3 is 2.39 bits per heavy atom. The van der Waals surface area contributed by atoms with Gasteiger partial charge in [-0.3, -0.25) is 9.59 Å². The Labute approximate surface area is 141 Å². The molecule has 0 unspecified atom stereocenters. The predicted molar refractivity (Wildman–Crippen MR) is 87.4 cm³/mol. The number of benzene rings is 2. The van der Waals surface area contributed by atoms with Gasteiger partial charge < -0.3 is 5.32 Å². The van der Waals surface area contributed by atoms with E-state index in [1.807, 2.05) is 0 Å². The first kappa shape index (κ1) is 15.8. The monoisotopic (exact) mass is 352 g/mol. The molecule has 1 aliphatic heterocycles. The van der Waals surface area contributed by atoms with Crippen LogP contribution in [0.1, 0.15) is 6.42 Å². The standard InChI is InChI=1S/C16H11Cl2FN2O2/c17-12-6-3-10(7-13(12)18)20-14-8-15(22)21(16(14)23)11-4-1-9(19)2-5-11/h1-7,14,20H,8H2/t14-/m1/s1. The molecule has 1 N–H and O–H groups in total. The molecule has 1 heterocycles. The van der Waals surface area contributed by atoms with Gasteiger partial charge in [0.15, 0.2) is 0 Å². The van der Waals surface area contributed by atoms with Gasteiger partial charge in [0.1, 0.15) is 11.9 Å². The number of rotatable bonds is 3. The fourth-order valence-corrected chi connectivity index (χ4v) is 2.69. The smallest absolute Gasteiger partial charge is 0.256 e. The molecule has 0 saturated carbocycles. The zero-order chi connectivity index (χ0) is 16.6. The van der Waals surface area contributed by atoms with E-state index in [-0.39, 0.29) is 12.3 Å². The second kappa shape index (κ2) is 6.18. The van der Waals surface area contributed by atoms with Crippen LogP contribution in [0.25, 0.3) is 0 Å². The van der Waals surface area contributed by atoms with Crippen molar-refractivity contribution in [2.45, 2.75) is 12.5 Å². The highest BCUT2D eigenvalue weighted by Gasteiger charge is 2.39. The van der Waals surface area contributed by atoms with Crippen molar-refractivity contribution in [2.24, 2.45) is 0 Å². The number of hydrogen-bond acceptors (Lipinski definition) is 3. The van der Waals surface area contributed by atoms with Crippen molar-refractivity contribution in [3.63, 3.8) is 0 Å². The maximum Gasteiger partial charge on any atom is 0.256 e. The number of carbonyl (C=O) groups is 2. The van der Waals surface area contributed by atoms with Gasteiger partial charge in [-0.25, -0.2) is 9.29 Å². The summed E-state index contributed by atoms with van der Waals surface area (Å²) in [5.41, 5.74) is 0.936. The lowest BCUT2D eigenvalue weighted by Crippen LogP contribution is -2.34. The average Bonchev–Trinajstić information content (AvgIpc) is 2.79. The molecular weight excluding hydrogens is 342 g/mol. The highest BCUT2D eigenvalue weighted by atomic mass is 35.5. The first-order valence-corrected chi connectivity index (χ1v) is 7.55. The Morgan fingerprint density at radius 1 is 1.04 bits per heavy atom. The van der Waals surface area contributed by atoms with E-state index in [0.717, 1.165) is 4.90 Å². The van der Waals surface area contributed by atoms with E-state index < -0.39 is 17.8 Å². The van der Waals surface area contributed by atoms with Crippen molar-refractivity contribution < 1.29 is 14.0 Å². The zero-order valence-electron chi connectivity index (χ0n) is 11.7. The van der Waals surface area contributed by atoms with Crippen LogP contribution >= 0.6 is 23.2 Å². The second-order valence-corrected chi connectivity index (χ2v) is 5.89. The zero-order valence-corrected chi connectivity index (χ0v) is 13.2. The molecule has 118 valence electrons. The summed E-state index contributed by atoms with van der Waals surface area (Å²) >= 11 is 11.8. The van der Waals surface area contributed by atoms with Crippen molar-refractivity contribution in [3.05, 3.63) is 58.3 Å². The summed E-state index contributed by atoms with van der Waals surface area (Å²) in [4.78, 5) is 25.6. The van der Waals surface area contributed by atoms with Crippen LogP contribution in [-0.4, -0.2) is 17.9 Å². The molecule has 1 fully saturated rings. The van der Waals surface area contributed by atoms with E-state index in [1.54, 1.807) is 18.2 Å². The van der Waals surface area contributed by atoms with Gasteiger partial charge in [-0.2, -0.15) is 0 Å². The summed E-state index contributed by atoms with van der Waals surface area (Å²) in [5, 5.41) is 3.72. The lowest BCUT2D eigenvalue weighted by Gasteiger charge is -2.16. The van der Waals surface area contributed by atoms with E-state index in [2.05, 4.69) is 5.32 Å². The van der Waals surface area contributed by atoms with Gasteiger partial charge in [0.05, 0.1) is 22.2 Å². The molecule has 2 aromatic rings. The van der Waals surface area contributed by atoms with Crippen molar-refractivity contribution in [2.75, 3.05) is 10.2 Å². The van der Waals surface area contributed by atoms with Crippen molar-refractivity contribution in [1.29, 1.82) is 0 Å². The van der Waals surface area contributed by atoms with Crippen LogP contribution in [-0.2, 0) is 9.59 Å². The largest absolute Gasteiger partial charge is 0.373 e. The Kier molecular flexibility index (Phi) is 4.24. The van der Waals surface area contributed by atoms with E-state index in [9.17, 15) is 14.0 Å². The third kappa shape index (κ3) is 3.16. The molecule has 0 radical (unpaired) electrons. The van der Waals surface area contributed by atoms with E-state index in [1.165, 1.54) is 24.3 Å². The molecule has 7 heteroatoms. The van der Waals surface area contributed by atoms with E-state index in [4.69, 9.17) is 23.2 Å².